The minimum Gasteiger partial charge on any atom is -0.399 e. The molecule has 0 amide bonds. The Labute approximate surface area is 123 Å². The molecule has 1 saturated heterocycles. The lowest BCUT2D eigenvalue weighted by atomic mass is 9.76. The maximum absolute atomic E-state index is 6.49. The van der Waals surface area contributed by atoms with Gasteiger partial charge in [-0.15, -0.1) is 0 Å². The molecule has 1 aliphatic rings. The van der Waals surface area contributed by atoms with Crippen molar-refractivity contribution in [2.45, 2.75) is 45.8 Å². The van der Waals surface area contributed by atoms with Crippen molar-refractivity contribution in [1.29, 1.82) is 0 Å². The third-order valence-electron chi connectivity index (χ3n) is 4.39. The fraction of sp³-hybridized carbons (Fsp3) is 0.500. The molecular weight excluding hydrogens is 274 g/mol. The summed E-state index contributed by atoms with van der Waals surface area (Å²) in [6.45, 7) is 10.1. The normalized spacial score (nSPS) is 20.8. The first-order chi connectivity index (χ1) is 9.23. The van der Waals surface area contributed by atoms with Gasteiger partial charge in [0, 0.05) is 15.9 Å². The predicted octanol–water partition coefficient (Wildman–Crippen LogP) is 2.82. The highest BCUT2D eigenvalue weighted by Crippen LogP contribution is 2.38. The second-order valence-corrected chi connectivity index (χ2v) is 6.72. The maximum atomic E-state index is 6.49. The third-order valence-corrected chi connectivity index (χ3v) is 4.89. The topological polar surface area (TPSA) is 47.1 Å². The summed E-state index contributed by atoms with van der Waals surface area (Å²) < 4.78 is 12.2. The number of halogens is 1. The average Bonchev–Trinajstić information content (AvgIpc) is 2.83. The van der Waals surface area contributed by atoms with Crippen LogP contribution in [0.15, 0.2) is 12.3 Å². The first-order valence-corrected chi connectivity index (χ1v) is 7.08. The Morgan fingerprint density at radius 2 is 1.80 bits per heavy atom. The summed E-state index contributed by atoms with van der Waals surface area (Å²) in [5, 5.41) is 8.69. The van der Waals surface area contributed by atoms with Crippen LogP contribution < -0.4 is 5.46 Å². The maximum Gasteiger partial charge on any atom is 0.497 e. The molecule has 3 rings (SSSR count). The van der Waals surface area contributed by atoms with Gasteiger partial charge < -0.3 is 9.31 Å². The van der Waals surface area contributed by atoms with Crippen molar-refractivity contribution in [3.63, 3.8) is 0 Å². The molecule has 0 saturated carbocycles. The van der Waals surface area contributed by atoms with Crippen LogP contribution in [0, 0.1) is 6.92 Å². The number of H-pyrrole nitrogens is 1. The van der Waals surface area contributed by atoms with Crippen LogP contribution in [-0.4, -0.2) is 28.5 Å². The average molecular weight is 293 g/mol. The lowest BCUT2D eigenvalue weighted by Crippen LogP contribution is -2.41. The zero-order valence-corrected chi connectivity index (χ0v) is 13.1. The van der Waals surface area contributed by atoms with Gasteiger partial charge in [0.2, 0.25) is 0 Å². The van der Waals surface area contributed by atoms with Crippen LogP contribution in [0.2, 0.25) is 5.02 Å². The molecule has 106 valence electrons. The molecular formula is C14H18BClN2O2. The molecule has 0 aliphatic carbocycles. The molecule has 0 unspecified atom stereocenters. The van der Waals surface area contributed by atoms with Crippen molar-refractivity contribution < 1.29 is 9.31 Å². The molecule has 1 aromatic heterocycles. The summed E-state index contributed by atoms with van der Waals surface area (Å²) in [7, 11) is -0.479. The van der Waals surface area contributed by atoms with E-state index in [0.29, 0.717) is 5.02 Å². The van der Waals surface area contributed by atoms with Gasteiger partial charge in [-0.3, -0.25) is 5.10 Å². The third kappa shape index (κ3) is 1.88. The first-order valence-electron chi connectivity index (χ1n) is 6.71. The van der Waals surface area contributed by atoms with E-state index in [4.69, 9.17) is 20.9 Å². The molecule has 0 spiro atoms. The Bertz CT molecular complexity index is 665. The van der Waals surface area contributed by atoms with E-state index in [2.05, 4.69) is 10.2 Å². The van der Waals surface area contributed by atoms with E-state index in [-0.39, 0.29) is 11.2 Å². The summed E-state index contributed by atoms with van der Waals surface area (Å²) in [5.41, 5.74) is 2.00. The number of aryl methyl sites for hydroxylation is 1. The monoisotopic (exact) mass is 292 g/mol. The molecule has 20 heavy (non-hydrogen) atoms. The summed E-state index contributed by atoms with van der Waals surface area (Å²) in [6.07, 6.45) is 1.76. The molecule has 0 atom stereocenters. The van der Waals surface area contributed by atoms with Gasteiger partial charge in [-0.2, -0.15) is 5.10 Å². The van der Waals surface area contributed by atoms with Gasteiger partial charge in [0.25, 0.3) is 0 Å². The quantitative estimate of drug-likeness (QED) is 0.822. The molecule has 6 heteroatoms. The number of fused-ring (bicyclic) bond motifs is 1. The Hall–Kier alpha value is -1.04. The number of benzene rings is 1. The van der Waals surface area contributed by atoms with Crippen LogP contribution in [0.4, 0.5) is 0 Å². The lowest BCUT2D eigenvalue weighted by molar-refractivity contribution is 0.00578. The van der Waals surface area contributed by atoms with Gasteiger partial charge in [0.05, 0.1) is 22.9 Å². The molecule has 2 aromatic rings. The van der Waals surface area contributed by atoms with E-state index in [1.807, 2.05) is 40.7 Å². The van der Waals surface area contributed by atoms with Gasteiger partial charge in [0.15, 0.2) is 0 Å². The fourth-order valence-electron chi connectivity index (χ4n) is 2.42. The fourth-order valence-corrected chi connectivity index (χ4v) is 2.67. The highest BCUT2D eigenvalue weighted by Gasteiger charge is 2.52. The van der Waals surface area contributed by atoms with Crippen LogP contribution in [0.3, 0.4) is 0 Å². The van der Waals surface area contributed by atoms with Crippen LogP contribution in [0.1, 0.15) is 33.3 Å². The molecule has 4 nitrogen and oxygen atoms in total. The van der Waals surface area contributed by atoms with Gasteiger partial charge in [-0.25, -0.2) is 0 Å². The van der Waals surface area contributed by atoms with Gasteiger partial charge in [0.1, 0.15) is 0 Å². The SMILES string of the molecule is Cc1cc2[nH]ncc2c(B2OC(C)(C)C(C)(C)O2)c1Cl. The van der Waals surface area contributed by atoms with Crippen LogP contribution in [-0.2, 0) is 9.31 Å². The minimum absolute atomic E-state index is 0.388. The number of nitrogens with zero attached hydrogens (tertiary/aromatic N) is 1. The largest absolute Gasteiger partial charge is 0.497 e. The van der Waals surface area contributed by atoms with E-state index in [1.165, 1.54) is 0 Å². The smallest absolute Gasteiger partial charge is 0.399 e. The van der Waals surface area contributed by atoms with Gasteiger partial charge in [-0.05, 0) is 46.2 Å². The van der Waals surface area contributed by atoms with E-state index >= 15 is 0 Å². The number of hydrogen-bond acceptors (Lipinski definition) is 3. The summed E-state index contributed by atoms with van der Waals surface area (Å²) in [6, 6.07) is 1.99. The molecule has 1 aliphatic heterocycles. The van der Waals surface area contributed by atoms with Crippen molar-refractivity contribution in [3.8, 4) is 0 Å². The second kappa shape index (κ2) is 4.23. The summed E-state index contributed by atoms with van der Waals surface area (Å²) in [4.78, 5) is 0. The highest BCUT2D eigenvalue weighted by molar-refractivity contribution is 6.68. The second-order valence-electron chi connectivity index (χ2n) is 6.34. The molecule has 1 N–H and O–H groups in total. The Kier molecular flexibility index (Phi) is 2.94. The Morgan fingerprint density at radius 3 is 2.40 bits per heavy atom. The summed E-state index contributed by atoms with van der Waals surface area (Å²) >= 11 is 6.49. The number of rotatable bonds is 1. The zero-order valence-electron chi connectivity index (χ0n) is 12.4. The zero-order chi connectivity index (χ0) is 14.7. The number of hydrogen-bond donors (Lipinski definition) is 1. The number of aromatic nitrogens is 2. The van der Waals surface area contributed by atoms with Crippen LogP contribution in [0.5, 0.6) is 0 Å². The van der Waals surface area contributed by atoms with Crippen LogP contribution in [0.25, 0.3) is 10.9 Å². The van der Waals surface area contributed by atoms with E-state index in [9.17, 15) is 0 Å². The molecule has 2 heterocycles. The standard InChI is InChI=1S/C14H18BClN2O2/c1-8-6-10-9(7-17-18-10)11(12(8)16)15-19-13(2,3)14(4,5)20-15/h6-7H,1-5H3,(H,17,18). The minimum atomic E-state index is -0.479. The van der Waals surface area contributed by atoms with Crippen molar-refractivity contribution >= 4 is 35.1 Å². The van der Waals surface area contributed by atoms with E-state index in [1.54, 1.807) is 6.20 Å². The Morgan fingerprint density at radius 1 is 1.20 bits per heavy atom. The molecule has 1 fully saturated rings. The predicted molar refractivity (Wildman–Crippen MR) is 81.6 cm³/mol. The van der Waals surface area contributed by atoms with Crippen LogP contribution >= 0.6 is 11.6 Å². The van der Waals surface area contributed by atoms with Gasteiger partial charge >= 0.3 is 7.12 Å². The highest BCUT2D eigenvalue weighted by atomic mass is 35.5. The summed E-state index contributed by atoms with van der Waals surface area (Å²) in [5.74, 6) is 0. The number of aromatic amines is 1. The lowest BCUT2D eigenvalue weighted by Gasteiger charge is -2.32. The van der Waals surface area contributed by atoms with Crippen molar-refractivity contribution in [2.24, 2.45) is 0 Å². The van der Waals surface area contributed by atoms with Gasteiger partial charge in [-0.1, -0.05) is 11.6 Å². The first kappa shape index (κ1) is 13.9. The van der Waals surface area contributed by atoms with Crippen molar-refractivity contribution in [2.75, 3.05) is 0 Å². The van der Waals surface area contributed by atoms with Crippen molar-refractivity contribution in [1.82, 2.24) is 10.2 Å². The molecule has 0 bridgehead atoms. The molecule has 0 radical (unpaired) electrons. The van der Waals surface area contributed by atoms with Crippen molar-refractivity contribution in [3.05, 3.63) is 22.8 Å². The number of nitrogens with one attached hydrogen (secondary N) is 1. The van der Waals surface area contributed by atoms with E-state index < -0.39 is 7.12 Å². The molecule has 1 aromatic carbocycles. The Balaban J connectivity index is 2.16. The van der Waals surface area contributed by atoms with E-state index in [0.717, 1.165) is 21.9 Å².